The summed E-state index contributed by atoms with van der Waals surface area (Å²) in [5.41, 5.74) is 4.28. The summed E-state index contributed by atoms with van der Waals surface area (Å²) >= 11 is 1.46. The SMILES string of the molecule is Cc1nc(C)c2c(C)c(C(=O)N(C)Cc3ccccc3C)sc2n1. The lowest BCUT2D eigenvalue weighted by molar-refractivity contribution is 0.0789. The van der Waals surface area contributed by atoms with Crippen LogP contribution in [0.1, 0.15) is 37.9 Å². The quantitative estimate of drug-likeness (QED) is 0.718. The number of aryl methyl sites for hydroxylation is 4. The lowest BCUT2D eigenvalue weighted by atomic mass is 10.1. The van der Waals surface area contributed by atoms with Crippen LogP contribution in [0.2, 0.25) is 0 Å². The van der Waals surface area contributed by atoms with Gasteiger partial charge in [0.25, 0.3) is 5.91 Å². The van der Waals surface area contributed by atoms with E-state index in [9.17, 15) is 4.79 Å². The Morgan fingerprint density at radius 2 is 1.83 bits per heavy atom. The first-order valence-corrected chi connectivity index (χ1v) is 8.74. The molecular weight excluding hydrogens is 318 g/mol. The number of fused-ring (bicyclic) bond motifs is 1. The van der Waals surface area contributed by atoms with Crippen LogP contribution in [0.15, 0.2) is 24.3 Å². The predicted octanol–water partition coefficient (Wildman–Crippen LogP) is 4.20. The number of aromatic nitrogens is 2. The Balaban J connectivity index is 1.95. The van der Waals surface area contributed by atoms with Gasteiger partial charge in [-0.1, -0.05) is 24.3 Å². The van der Waals surface area contributed by atoms with Gasteiger partial charge in [-0.05, 0) is 44.4 Å². The molecule has 0 radical (unpaired) electrons. The first kappa shape index (κ1) is 16.6. The summed E-state index contributed by atoms with van der Waals surface area (Å²) in [7, 11) is 1.85. The zero-order chi connectivity index (χ0) is 17.4. The average molecular weight is 339 g/mol. The van der Waals surface area contributed by atoms with E-state index in [1.807, 2.05) is 40.0 Å². The van der Waals surface area contributed by atoms with Gasteiger partial charge in [-0.2, -0.15) is 0 Å². The minimum Gasteiger partial charge on any atom is -0.337 e. The zero-order valence-electron chi connectivity index (χ0n) is 14.7. The third kappa shape index (κ3) is 2.91. The summed E-state index contributed by atoms with van der Waals surface area (Å²) in [6.07, 6.45) is 0. The minimum absolute atomic E-state index is 0.0378. The fourth-order valence-electron chi connectivity index (χ4n) is 2.97. The maximum atomic E-state index is 12.9. The van der Waals surface area contributed by atoms with Gasteiger partial charge >= 0.3 is 0 Å². The van der Waals surface area contributed by atoms with Crippen LogP contribution in [0, 0.1) is 27.7 Å². The molecule has 0 bridgehead atoms. The number of rotatable bonds is 3. The molecule has 2 heterocycles. The van der Waals surface area contributed by atoms with Crippen LogP contribution < -0.4 is 0 Å². The summed E-state index contributed by atoms with van der Waals surface area (Å²) in [5, 5.41) is 1.01. The molecular formula is C19H21N3OS. The van der Waals surface area contributed by atoms with E-state index >= 15 is 0 Å². The highest BCUT2D eigenvalue weighted by Crippen LogP contribution is 2.32. The molecule has 0 spiro atoms. The monoisotopic (exact) mass is 339 g/mol. The molecule has 4 nitrogen and oxygen atoms in total. The van der Waals surface area contributed by atoms with Crippen molar-refractivity contribution in [1.29, 1.82) is 0 Å². The van der Waals surface area contributed by atoms with E-state index in [0.717, 1.165) is 32.2 Å². The van der Waals surface area contributed by atoms with Crippen molar-refractivity contribution < 1.29 is 4.79 Å². The number of benzene rings is 1. The summed E-state index contributed by atoms with van der Waals surface area (Å²) in [4.78, 5) is 25.3. The number of hydrogen-bond acceptors (Lipinski definition) is 4. The number of thiophene rings is 1. The van der Waals surface area contributed by atoms with Crippen molar-refractivity contribution in [3.63, 3.8) is 0 Å². The predicted molar refractivity (Wildman–Crippen MR) is 98.6 cm³/mol. The average Bonchev–Trinajstić information content (AvgIpc) is 2.85. The third-order valence-electron chi connectivity index (χ3n) is 4.29. The van der Waals surface area contributed by atoms with Crippen molar-refractivity contribution in [2.24, 2.45) is 0 Å². The second-order valence-corrected chi connectivity index (χ2v) is 7.18. The molecule has 0 unspecified atom stereocenters. The second-order valence-electron chi connectivity index (χ2n) is 6.18. The summed E-state index contributed by atoms with van der Waals surface area (Å²) in [6.45, 7) is 8.51. The van der Waals surface area contributed by atoms with Crippen molar-refractivity contribution >= 4 is 27.5 Å². The molecule has 3 rings (SSSR count). The van der Waals surface area contributed by atoms with Crippen LogP contribution in [0.5, 0.6) is 0 Å². The van der Waals surface area contributed by atoms with Crippen LogP contribution in [0.3, 0.4) is 0 Å². The van der Waals surface area contributed by atoms with E-state index in [-0.39, 0.29) is 5.91 Å². The van der Waals surface area contributed by atoms with Crippen molar-refractivity contribution in [3.05, 3.63) is 57.4 Å². The fourth-order valence-corrected chi connectivity index (χ4v) is 4.24. The van der Waals surface area contributed by atoms with Gasteiger partial charge in [-0.3, -0.25) is 4.79 Å². The number of nitrogens with zero attached hydrogens (tertiary/aromatic N) is 3. The lowest BCUT2D eigenvalue weighted by Crippen LogP contribution is -2.26. The largest absolute Gasteiger partial charge is 0.337 e. The summed E-state index contributed by atoms with van der Waals surface area (Å²) in [6, 6.07) is 8.16. The fraction of sp³-hybridized carbons (Fsp3) is 0.316. The highest BCUT2D eigenvalue weighted by Gasteiger charge is 2.21. The van der Waals surface area contributed by atoms with E-state index in [0.29, 0.717) is 6.54 Å². The highest BCUT2D eigenvalue weighted by atomic mass is 32.1. The van der Waals surface area contributed by atoms with Crippen LogP contribution in [0.25, 0.3) is 10.2 Å². The number of carbonyl (C=O) groups excluding carboxylic acids is 1. The van der Waals surface area contributed by atoms with Gasteiger partial charge in [0, 0.05) is 24.7 Å². The van der Waals surface area contributed by atoms with Gasteiger partial charge in [0.05, 0.1) is 4.88 Å². The zero-order valence-corrected chi connectivity index (χ0v) is 15.5. The van der Waals surface area contributed by atoms with Gasteiger partial charge in [0.2, 0.25) is 0 Å². The topological polar surface area (TPSA) is 46.1 Å². The Bertz CT molecular complexity index is 930. The molecule has 1 amide bonds. The Hall–Kier alpha value is -2.27. The number of amides is 1. The molecule has 0 fully saturated rings. The van der Waals surface area contributed by atoms with Crippen LogP contribution in [-0.2, 0) is 6.54 Å². The van der Waals surface area contributed by atoms with E-state index in [2.05, 4.69) is 29.0 Å². The van der Waals surface area contributed by atoms with E-state index in [1.54, 1.807) is 4.90 Å². The van der Waals surface area contributed by atoms with Crippen LogP contribution >= 0.6 is 11.3 Å². The molecule has 0 aliphatic heterocycles. The first-order valence-electron chi connectivity index (χ1n) is 7.92. The molecule has 0 aliphatic carbocycles. The standard InChI is InChI=1S/C19H21N3OS/c1-11-8-6-7-9-15(11)10-22(5)19(23)17-12(2)16-13(3)20-14(4)21-18(16)24-17/h6-9H,10H2,1-5H3. The van der Waals surface area contributed by atoms with Crippen molar-refractivity contribution in [2.45, 2.75) is 34.2 Å². The van der Waals surface area contributed by atoms with Gasteiger partial charge in [0.1, 0.15) is 10.7 Å². The smallest absolute Gasteiger partial charge is 0.264 e. The normalized spacial score (nSPS) is 11.0. The maximum absolute atomic E-state index is 12.9. The van der Waals surface area contributed by atoms with E-state index in [1.165, 1.54) is 22.5 Å². The van der Waals surface area contributed by atoms with E-state index < -0.39 is 0 Å². The number of carbonyl (C=O) groups is 1. The molecule has 3 aromatic rings. The Morgan fingerprint density at radius 3 is 2.54 bits per heavy atom. The lowest BCUT2D eigenvalue weighted by Gasteiger charge is -2.18. The molecule has 0 aliphatic rings. The molecule has 124 valence electrons. The van der Waals surface area contributed by atoms with Crippen molar-refractivity contribution in [2.75, 3.05) is 7.05 Å². The Kier molecular flexibility index (Phi) is 4.37. The molecule has 0 N–H and O–H groups in total. The van der Waals surface area contributed by atoms with Crippen molar-refractivity contribution in [3.8, 4) is 0 Å². The van der Waals surface area contributed by atoms with Crippen LogP contribution in [0.4, 0.5) is 0 Å². The molecule has 2 aromatic heterocycles. The molecule has 1 aromatic carbocycles. The van der Waals surface area contributed by atoms with Gasteiger partial charge in [-0.15, -0.1) is 11.3 Å². The Morgan fingerprint density at radius 1 is 1.12 bits per heavy atom. The second kappa shape index (κ2) is 6.32. The summed E-state index contributed by atoms with van der Waals surface area (Å²) in [5.74, 6) is 0.782. The van der Waals surface area contributed by atoms with Crippen molar-refractivity contribution in [1.82, 2.24) is 14.9 Å². The molecule has 24 heavy (non-hydrogen) atoms. The van der Waals surface area contributed by atoms with Gasteiger partial charge in [-0.25, -0.2) is 9.97 Å². The summed E-state index contributed by atoms with van der Waals surface area (Å²) < 4.78 is 0. The molecule has 0 saturated carbocycles. The molecule has 5 heteroatoms. The van der Waals surface area contributed by atoms with Gasteiger partial charge in [0.15, 0.2) is 0 Å². The third-order valence-corrected chi connectivity index (χ3v) is 5.47. The number of hydrogen-bond donors (Lipinski definition) is 0. The minimum atomic E-state index is 0.0378. The van der Waals surface area contributed by atoms with E-state index in [4.69, 9.17) is 0 Å². The Labute approximate surface area is 146 Å². The first-order chi connectivity index (χ1) is 11.4. The maximum Gasteiger partial charge on any atom is 0.264 e. The van der Waals surface area contributed by atoms with Crippen LogP contribution in [-0.4, -0.2) is 27.8 Å². The van der Waals surface area contributed by atoms with Gasteiger partial charge < -0.3 is 4.90 Å². The molecule has 0 saturated heterocycles. The molecule has 0 atom stereocenters. The highest BCUT2D eigenvalue weighted by molar-refractivity contribution is 7.20.